The van der Waals surface area contributed by atoms with E-state index >= 15 is 0 Å². The van der Waals surface area contributed by atoms with Crippen LogP contribution in [0.5, 0.6) is 5.75 Å². The van der Waals surface area contributed by atoms with Crippen molar-refractivity contribution >= 4 is 17.9 Å². The second-order valence-electron chi connectivity index (χ2n) is 5.45. The lowest BCUT2D eigenvalue weighted by molar-refractivity contribution is -0.129. The van der Waals surface area contributed by atoms with Crippen molar-refractivity contribution in [3.63, 3.8) is 0 Å². The fraction of sp³-hybridized carbons (Fsp3) is 0.211. The van der Waals surface area contributed by atoms with E-state index in [-0.39, 0.29) is 5.56 Å². The lowest BCUT2D eigenvalue weighted by atomic mass is 10.1. The van der Waals surface area contributed by atoms with Crippen molar-refractivity contribution < 1.29 is 23.9 Å². The number of methoxy groups -OCH3 is 1. The number of imide groups is 1. The summed E-state index contributed by atoms with van der Waals surface area (Å²) in [6, 6.07) is 12.6. The van der Waals surface area contributed by atoms with E-state index < -0.39 is 24.0 Å². The van der Waals surface area contributed by atoms with Gasteiger partial charge in [-0.15, -0.1) is 0 Å². The molecule has 26 heavy (non-hydrogen) atoms. The molecule has 7 nitrogen and oxygen atoms in total. The maximum Gasteiger partial charge on any atom is 0.339 e. The third-order valence-electron chi connectivity index (χ3n) is 3.67. The van der Waals surface area contributed by atoms with Gasteiger partial charge in [0, 0.05) is 12.6 Å². The third-order valence-corrected chi connectivity index (χ3v) is 3.67. The SMILES string of the molecule is CNC(=O)NC(=O)[C@H](OC(=O)c1ccc(C)c(OC)c1)c1ccccc1. The van der Waals surface area contributed by atoms with Crippen LogP contribution in [0.2, 0.25) is 0 Å². The summed E-state index contributed by atoms with van der Waals surface area (Å²) >= 11 is 0. The fourth-order valence-electron chi connectivity index (χ4n) is 2.26. The predicted molar refractivity (Wildman–Crippen MR) is 94.9 cm³/mol. The molecule has 0 aliphatic heterocycles. The Morgan fingerprint density at radius 3 is 2.35 bits per heavy atom. The summed E-state index contributed by atoms with van der Waals surface area (Å²) in [7, 11) is 2.88. The lowest BCUT2D eigenvalue weighted by Gasteiger charge is -2.18. The Hall–Kier alpha value is -3.35. The number of hydrogen-bond acceptors (Lipinski definition) is 5. The smallest absolute Gasteiger partial charge is 0.339 e. The van der Waals surface area contributed by atoms with E-state index in [1.807, 2.05) is 6.92 Å². The van der Waals surface area contributed by atoms with Crippen LogP contribution in [-0.2, 0) is 9.53 Å². The molecule has 0 aromatic heterocycles. The normalized spacial score (nSPS) is 11.2. The number of aryl methyl sites for hydroxylation is 1. The van der Waals surface area contributed by atoms with Gasteiger partial charge in [0.15, 0.2) is 0 Å². The summed E-state index contributed by atoms with van der Waals surface area (Å²) in [5.41, 5.74) is 1.54. The number of urea groups is 1. The number of esters is 1. The number of nitrogens with one attached hydrogen (secondary N) is 2. The van der Waals surface area contributed by atoms with Crippen LogP contribution in [0.1, 0.15) is 27.6 Å². The molecule has 0 aliphatic carbocycles. The number of rotatable bonds is 5. The van der Waals surface area contributed by atoms with E-state index in [0.29, 0.717) is 11.3 Å². The molecule has 2 aromatic carbocycles. The highest BCUT2D eigenvalue weighted by Crippen LogP contribution is 2.23. The van der Waals surface area contributed by atoms with E-state index in [1.54, 1.807) is 42.5 Å². The molecular weight excluding hydrogens is 336 g/mol. The zero-order chi connectivity index (χ0) is 19.1. The maximum atomic E-state index is 12.5. The Labute approximate surface area is 151 Å². The highest BCUT2D eigenvalue weighted by molar-refractivity contribution is 5.99. The molecule has 0 saturated carbocycles. The van der Waals surface area contributed by atoms with Gasteiger partial charge in [-0.3, -0.25) is 10.1 Å². The predicted octanol–water partition coefficient (Wildman–Crippen LogP) is 2.36. The summed E-state index contributed by atoms with van der Waals surface area (Å²) in [6.45, 7) is 1.84. The van der Waals surface area contributed by atoms with Gasteiger partial charge in [0.05, 0.1) is 12.7 Å². The standard InChI is InChI=1S/C19H20N2O5/c1-12-9-10-14(11-15(12)25-3)18(23)26-16(13-7-5-4-6-8-13)17(22)21-19(24)20-2/h4-11,16H,1-3H3,(H2,20,21,22,24)/t16-/m1/s1. The van der Waals surface area contributed by atoms with Gasteiger partial charge < -0.3 is 14.8 Å². The summed E-state index contributed by atoms with van der Waals surface area (Å²) in [4.78, 5) is 36.3. The van der Waals surface area contributed by atoms with E-state index in [4.69, 9.17) is 9.47 Å². The van der Waals surface area contributed by atoms with E-state index in [2.05, 4.69) is 10.6 Å². The number of carbonyl (C=O) groups is 3. The first-order chi connectivity index (χ1) is 12.5. The third kappa shape index (κ3) is 4.60. The molecular formula is C19H20N2O5. The van der Waals surface area contributed by atoms with Gasteiger partial charge in [0.2, 0.25) is 6.10 Å². The van der Waals surface area contributed by atoms with Crippen molar-refractivity contribution in [2.45, 2.75) is 13.0 Å². The van der Waals surface area contributed by atoms with Crippen LogP contribution in [0.25, 0.3) is 0 Å². The van der Waals surface area contributed by atoms with Crippen LogP contribution in [0.15, 0.2) is 48.5 Å². The van der Waals surface area contributed by atoms with E-state index in [1.165, 1.54) is 20.2 Å². The largest absolute Gasteiger partial charge is 0.496 e. The zero-order valence-corrected chi connectivity index (χ0v) is 14.7. The molecule has 3 amide bonds. The Balaban J connectivity index is 2.27. The molecule has 0 aliphatic rings. The maximum absolute atomic E-state index is 12.5. The van der Waals surface area contributed by atoms with Crippen molar-refractivity contribution in [1.29, 1.82) is 0 Å². The molecule has 2 N–H and O–H groups in total. The van der Waals surface area contributed by atoms with Crippen molar-refractivity contribution in [3.05, 3.63) is 65.2 Å². The van der Waals surface area contributed by atoms with Gasteiger partial charge in [-0.05, 0) is 24.6 Å². The lowest BCUT2D eigenvalue weighted by Crippen LogP contribution is -2.41. The molecule has 0 spiro atoms. The van der Waals surface area contributed by atoms with Crippen LogP contribution in [0.3, 0.4) is 0 Å². The fourth-order valence-corrected chi connectivity index (χ4v) is 2.26. The molecule has 0 fully saturated rings. The van der Waals surface area contributed by atoms with Crippen LogP contribution in [0, 0.1) is 6.92 Å². The number of benzene rings is 2. The highest BCUT2D eigenvalue weighted by atomic mass is 16.5. The second kappa shape index (κ2) is 8.66. The number of amides is 3. The zero-order valence-electron chi connectivity index (χ0n) is 14.7. The molecule has 0 radical (unpaired) electrons. The van der Waals surface area contributed by atoms with E-state index in [0.717, 1.165) is 5.56 Å². The first kappa shape index (κ1) is 19.0. The second-order valence-corrected chi connectivity index (χ2v) is 5.45. The first-order valence-corrected chi connectivity index (χ1v) is 7.89. The number of ether oxygens (including phenoxy) is 2. The molecule has 2 rings (SSSR count). The molecule has 7 heteroatoms. The van der Waals surface area contributed by atoms with Gasteiger partial charge in [0.1, 0.15) is 5.75 Å². The highest BCUT2D eigenvalue weighted by Gasteiger charge is 2.27. The number of carbonyl (C=O) groups excluding carboxylic acids is 3. The minimum atomic E-state index is -1.27. The average Bonchev–Trinajstić information content (AvgIpc) is 2.66. The van der Waals surface area contributed by atoms with Crippen LogP contribution < -0.4 is 15.4 Å². The van der Waals surface area contributed by atoms with Gasteiger partial charge in [-0.2, -0.15) is 0 Å². The van der Waals surface area contributed by atoms with Crippen molar-refractivity contribution in [2.75, 3.05) is 14.2 Å². The minimum Gasteiger partial charge on any atom is -0.496 e. The molecule has 0 heterocycles. The van der Waals surface area contributed by atoms with Gasteiger partial charge in [-0.25, -0.2) is 9.59 Å². The Bertz CT molecular complexity index is 805. The number of hydrogen-bond donors (Lipinski definition) is 2. The van der Waals surface area contributed by atoms with E-state index in [9.17, 15) is 14.4 Å². The monoisotopic (exact) mass is 356 g/mol. The molecule has 136 valence electrons. The van der Waals surface area contributed by atoms with Gasteiger partial charge in [0.25, 0.3) is 5.91 Å². The minimum absolute atomic E-state index is 0.237. The Kier molecular flexibility index (Phi) is 6.32. The van der Waals surface area contributed by atoms with Gasteiger partial charge >= 0.3 is 12.0 Å². The van der Waals surface area contributed by atoms with Crippen molar-refractivity contribution in [1.82, 2.24) is 10.6 Å². The summed E-state index contributed by atoms with van der Waals surface area (Å²) in [5, 5.41) is 4.41. The van der Waals surface area contributed by atoms with Crippen LogP contribution >= 0.6 is 0 Å². The summed E-state index contributed by atoms with van der Waals surface area (Å²) in [6.07, 6.45) is -1.27. The van der Waals surface area contributed by atoms with Gasteiger partial charge in [-0.1, -0.05) is 36.4 Å². The van der Waals surface area contributed by atoms with Crippen molar-refractivity contribution in [3.8, 4) is 5.75 Å². The molecule has 0 unspecified atom stereocenters. The Morgan fingerprint density at radius 2 is 1.73 bits per heavy atom. The molecule has 0 bridgehead atoms. The molecule has 0 saturated heterocycles. The van der Waals surface area contributed by atoms with Crippen molar-refractivity contribution in [2.24, 2.45) is 0 Å². The first-order valence-electron chi connectivity index (χ1n) is 7.89. The summed E-state index contributed by atoms with van der Waals surface area (Å²) < 4.78 is 10.6. The Morgan fingerprint density at radius 1 is 1.04 bits per heavy atom. The molecule has 1 atom stereocenters. The molecule has 2 aromatic rings. The van der Waals surface area contributed by atoms with Crippen LogP contribution in [0.4, 0.5) is 4.79 Å². The topological polar surface area (TPSA) is 93.7 Å². The average molecular weight is 356 g/mol. The summed E-state index contributed by atoms with van der Waals surface area (Å²) in [5.74, 6) is -0.919. The quantitative estimate of drug-likeness (QED) is 0.802. The van der Waals surface area contributed by atoms with Crippen LogP contribution in [-0.4, -0.2) is 32.1 Å².